The van der Waals surface area contributed by atoms with Crippen LogP contribution < -0.4 is 4.74 Å². The van der Waals surface area contributed by atoms with Crippen LogP contribution in [0.1, 0.15) is 13.3 Å². The highest BCUT2D eigenvalue weighted by molar-refractivity contribution is 9.10. The van der Waals surface area contributed by atoms with Gasteiger partial charge in [-0.25, -0.2) is 4.98 Å². The van der Waals surface area contributed by atoms with Gasteiger partial charge in [0.15, 0.2) is 0 Å². The number of hydrogen-bond donors (Lipinski definition) is 1. The average molecular weight is 376 g/mol. The van der Waals surface area contributed by atoms with E-state index in [4.69, 9.17) is 4.74 Å². The Morgan fingerprint density at radius 3 is 2.83 bits per heavy atom. The molecular formula is C16H14BrN3O3. The molecule has 0 unspecified atom stereocenters. The van der Waals surface area contributed by atoms with Gasteiger partial charge in [0.25, 0.3) is 5.69 Å². The summed E-state index contributed by atoms with van der Waals surface area (Å²) in [5.74, 6) is 1.44. The molecule has 0 bridgehead atoms. The predicted molar refractivity (Wildman–Crippen MR) is 91.7 cm³/mol. The standard InChI is InChI=1S/C16H14BrN3O3/c1-2-7-23-15-6-3-10(8-12(15)17)16-18-13-5-4-11(20(21)22)9-14(13)19-16/h3-6,8-9H,2,7H2,1H3,(H,18,19). The van der Waals surface area contributed by atoms with Crippen molar-refractivity contribution in [3.05, 3.63) is 51.0 Å². The third-order valence-electron chi connectivity index (χ3n) is 3.34. The first-order valence-electron chi connectivity index (χ1n) is 7.15. The van der Waals surface area contributed by atoms with Gasteiger partial charge in [0, 0.05) is 17.7 Å². The van der Waals surface area contributed by atoms with Crippen molar-refractivity contribution in [3.63, 3.8) is 0 Å². The Balaban J connectivity index is 1.96. The summed E-state index contributed by atoms with van der Waals surface area (Å²) in [5, 5.41) is 10.8. The van der Waals surface area contributed by atoms with E-state index in [0.29, 0.717) is 23.5 Å². The lowest BCUT2D eigenvalue weighted by atomic mass is 10.2. The number of nitrogens with one attached hydrogen (secondary N) is 1. The van der Waals surface area contributed by atoms with Gasteiger partial charge in [0.2, 0.25) is 0 Å². The zero-order chi connectivity index (χ0) is 16.4. The maximum atomic E-state index is 10.8. The zero-order valence-corrected chi connectivity index (χ0v) is 14.0. The number of aromatic amines is 1. The molecule has 0 aliphatic rings. The summed E-state index contributed by atoms with van der Waals surface area (Å²) in [6.07, 6.45) is 0.941. The minimum atomic E-state index is -0.420. The van der Waals surface area contributed by atoms with Crippen molar-refractivity contribution >= 4 is 32.7 Å². The number of fused-ring (bicyclic) bond motifs is 1. The Morgan fingerprint density at radius 1 is 1.30 bits per heavy atom. The van der Waals surface area contributed by atoms with Crippen LogP contribution in [0.25, 0.3) is 22.4 Å². The van der Waals surface area contributed by atoms with E-state index in [1.807, 2.05) is 18.2 Å². The van der Waals surface area contributed by atoms with Gasteiger partial charge >= 0.3 is 0 Å². The number of non-ortho nitro benzene ring substituents is 1. The number of aromatic nitrogens is 2. The van der Waals surface area contributed by atoms with Gasteiger partial charge in [0.1, 0.15) is 11.6 Å². The highest BCUT2D eigenvalue weighted by Crippen LogP contribution is 2.31. The molecule has 118 valence electrons. The number of halogens is 1. The number of rotatable bonds is 5. The number of nitro benzene ring substituents is 1. The van der Waals surface area contributed by atoms with Crippen LogP contribution >= 0.6 is 15.9 Å². The Morgan fingerprint density at radius 2 is 2.13 bits per heavy atom. The first-order valence-corrected chi connectivity index (χ1v) is 7.94. The van der Waals surface area contributed by atoms with Crippen LogP contribution in [0.15, 0.2) is 40.9 Å². The van der Waals surface area contributed by atoms with Crippen LogP contribution in [0.2, 0.25) is 0 Å². The Hall–Kier alpha value is -2.41. The molecule has 1 aromatic heterocycles. The largest absolute Gasteiger partial charge is 0.492 e. The Bertz CT molecular complexity index is 876. The van der Waals surface area contributed by atoms with E-state index in [2.05, 4.69) is 32.8 Å². The molecule has 0 aliphatic heterocycles. The summed E-state index contributed by atoms with van der Waals surface area (Å²) in [6.45, 7) is 2.71. The first-order chi connectivity index (χ1) is 11.1. The normalized spacial score (nSPS) is 10.9. The molecule has 0 amide bonds. The molecule has 6 nitrogen and oxygen atoms in total. The van der Waals surface area contributed by atoms with E-state index in [-0.39, 0.29) is 5.69 Å². The van der Waals surface area contributed by atoms with Crippen molar-refractivity contribution < 1.29 is 9.66 Å². The van der Waals surface area contributed by atoms with Crippen molar-refractivity contribution in [2.45, 2.75) is 13.3 Å². The van der Waals surface area contributed by atoms with E-state index in [1.54, 1.807) is 6.07 Å². The number of H-pyrrole nitrogens is 1. The third kappa shape index (κ3) is 3.19. The van der Waals surface area contributed by atoms with Gasteiger partial charge in [-0.3, -0.25) is 10.1 Å². The zero-order valence-electron chi connectivity index (χ0n) is 12.4. The number of benzene rings is 2. The van der Waals surface area contributed by atoms with Gasteiger partial charge < -0.3 is 9.72 Å². The Kier molecular flexibility index (Phi) is 4.29. The smallest absolute Gasteiger partial charge is 0.271 e. The molecule has 0 aliphatic carbocycles. The second kappa shape index (κ2) is 6.37. The predicted octanol–water partition coefficient (Wildman–Crippen LogP) is 4.69. The van der Waals surface area contributed by atoms with Gasteiger partial charge in [0.05, 0.1) is 27.0 Å². The van der Waals surface area contributed by atoms with E-state index in [0.717, 1.165) is 22.2 Å². The molecule has 1 N–H and O–H groups in total. The third-order valence-corrected chi connectivity index (χ3v) is 3.96. The van der Waals surface area contributed by atoms with Gasteiger partial charge in [-0.1, -0.05) is 6.92 Å². The summed E-state index contributed by atoms with van der Waals surface area (Å²) in [4.78, 5) is 18.0. The SMILES string of the molecule is CCCOc1ccc(-c2nc3ccc([N+](=O)[O-])cc3[nH]2)cc1Br. The van der Waals surface area contributed by atoms with Crippen LogP contribution in [-0.4, -0.2) is 21.5 Å². The first kappa shape index (κ1) is 15.5. The highest BCUT2D eigenvalue weighted by atomic mass is 79.9. The molecular weight excluding hydrogens is 362 g/mol. The topological polar surface area (TPSA) is 81.1 Å². The lowest BCUT2D eigenvalue weighted by molar-refractivity contribution is -0.384. The van der Waals surface area contributed by atoms with E-state index >= 15 is 0 Å². The minimum Gasteiger partial charge on any atom is -0.492 e. The molecule has 0 atom stereocenters. The van der Waals surface area contributed by atoms with Crippen molar-refractivity contribution in [3.8, 4) is 17.1 Å². The molecule has 0 saturated heterocycles. The summed E-state index contributed by atoms with van der Waals surface area (Å²) in [6, 6.07) is 10.3. The lowest BCUT2D eigenvalue weighted by Gasteiger charge is -2.07. The number of imidazole rings is 1. The number of hydrogen-bond acceptors (Lipinski definition) is 4. The molecule has 0 fully saturated rings. The van der Waals surface area contributed by atoms with Gasteiger partial charge in [-0.2, -0.15) is 0 Å². The molecule has 0 spiro atoms. The number of nitrogens with zero attached hydrogens (tertiary/aromatic N) is 2. The summed E-state index contributed by atoms with van der Waals surface area (Å²) >= 11 is 3.49. The van der Waals surface area contributed by atoms with Crippen LogP contribution in [0, 0.1) is 10.1 Å². The fourth-order valence-corrected chi connectivity index (χ4v) is 2.72. The molecule has 7 heteroatoms. The van der Waals surface area contributed by atoms with Crippen LogP contribution in [0.4, 0.5) is 5.69 Å². The molecule has 23 heavy (non-hydrogen) atoms. The molecule has 3 rings (SSSR count). The maximum Gasteiger partial charge on any atom is 0.271 e. The second-order valence-electron chi connectivity index (χ2n) is 5.04. The van der Waals surface area contributed by atoms with Crippen molar-refractivity contribution in [1.29, 1.82) is 0 Å². The maximum absolute atomic E-state index is 10.8. The lowest BCUT2D eigenvalue weighted by Crippen LogP contribution is -1.95. The second-order valence-corrected chi connectivity index (χ2v) is 5.89. The van der Waals surface area contributed by atoms with Crippen LogP contribution in [0.5, 0.6) is 5.75 Å². The van der Waals surface area contributed by atoms with Crippen molar-refractivity contribution in [1.82, 2.24) is 9.97 Å². The molecule has 1 heterocycles. The molecule has 3 aromatic rings. The van der Waals surface area contributed by atoms with Crippen molar-refractivity contribution in [2.24, 2.45) is 0 Å². The fourth-order valence-electron chi connectivity index (χ4n) is 2.23. The number of ether oxygens (including phenoxy) is 1. The fraction of sp³-hybridized carbons (Fsp3) is 0.188. The summed E-state index contributed by atoms with van der Waals surface area (Å²) in [7, 11) is 0. The van der Waals surface area contributed by atoms with Crippen LogP contribution in [0.3, 0.4) is 0 Å². The van der Waals surface area contributed by atoms with E-state index in [9.17, 15) is 10.1 Å². The molecule has 2 aromatic carbocycles. The molecule has 0 radical (unpaired) electrons. The summed E-state index contributed by atoms with van der Waals surface area (Å²) < 4.78 is 6.47. The van der Waals surface area contributed by atoms with E-state index in [1.165, 1.54) is 12.1 Å². The minimum absolute atomic E-state index is 0.0391. The van der Waals surface area contributed by atoms with E-state index < -0.39 is 4.92 Å². The average Bonchev–Trinajstić information content (AvgIpc) is 2.96. The highest BCUT2D eigenvalue weighted by Gasteiger charge is 2.12. The monoisotopic (exact) mass is 375 g/mol. The summed E-state index contributed by atoms with van der Waals surface area (Å²) in [5.41, 5.74) is 2.24. The quantitative estimate of drug-likeness (QED) is 0.517. The van der Waals surface area contributed by atoms with Crippen molar-refractivity contribution in [2.75, 3.05) is 6.61 Å². The number of nitro groups is 1. The molecule has 0 saturated carbocycles. The Labute approximate surface area is 140 Å². The van der Waals surface area contributed by atoms with Crippen LogP contribution in [-0.2, 0) is 0 Å². The van der Waals surface area contributed by atoms with Gasteiger partial charge in [-0.05, 0) is 46.6 Å². The van der Waals surface area contributed by atoms with Gasteiger partial charge in [-0.15, -0.1) is 0 Å².